The van der Waals surface area contributed by atoms with Gasteiger partial charge in [-0.3, -0.25) is 9.89 Å². The summed E-state index contributed by atoms with van der Waals surface area (Å²) in [5, 5.41) is 5.41. The fourth-order valence-electron chi connectivity index (χ4n) is 2.75. The predicted octanol–water partition coefficient (Wildman–Crippen LogP) is 4.05. The Bertz CT molecular complexity index is 1150. The molecule has 0 atom stereocenters. The largest absolute Gasteiger partial charge is 0.492 e. The zero-order chi connectivity index (χ0) is 19.3. The maximum Gasteiger partial charge on any atom is 0.266 e. The molecular weight excluding hydrogens is 392 g/mol. The Morgan fingerprint density at radius 2 is 2.14 bits per heavy atom. The highest BCUT2D eigenvalue weighted by atomic mass is 32.2. The first kappa shape index (κ1) is 18.5. The van der Waals surface area contributed by atoms with E-state index in [1.54, 1.807) is 15.9 Å². The number of aromatic amines is 1. The van der Waals surface area contributed by atoms with Crippen LogP contribution in [0.25, 0.3) is 16.3 Å². The van der Waals surface area contributed by atoms with Crippen LogP contribution in [0.5, 0.6) is 5.75 Å². The average molecular weight is 411 g/mol. The van der Waals surface area contributed by atoms with Crippen molar-refractivity contribution < 1.29 is 4.74 Å². The van der Waals surface area contributed by atoms with Crippen LogP contribution in [0.2, 0.25) is 0 Å². The molecule has 142 valence electrons. The molecule has 0 fully saturated rings. The molecule has 4 aromatic rings. The second-order valence-electron chi connectivity index (χ2n) is 5.92. The molecule has 0 spiro atoms. The van der Waals surface area contributed by atoms with Crippen LogP contribution in [0.15, 0.2) is 70.5 Å². The standard InChI is InChI=1S/C20H18N4O2S2/c1-2-6-14-7-3-4-8-15(14)26-10-12-28-20-22-19(16-9-5-11-27-16)21-17-13-18(25)23-24(17)20/h2-5,7-9,11,13H,1,6,10,12H2,(H,23,25). The molecule has 0 unspecified atom stereocenters. The number of para-hydroxylation sites is 1. The van der Waals surface area contributed by atoms with Crippen LogP contribution in [-0.4, -0.2) is 31.9 Å². The summed E-state index contributed by atoms with van der Waals surface area (Å²) in [5.74, 6) is 2.16. The van der Waals surface area contributed by atoms with E-state index in [9.17, 15) is 4.79 Å². The van der Waals surface area contributed by atoms with Crippen LogP contribution in [0.3, 0.4) is 0 Å². The van der Waals surface area contributed by atoms with Crippen LogP contribution in [-0.2, 0) is 6.42 Å². The Balaban J connectivity index is 1.50. The van der Waals surface area contributed by atoms with Crippen molar-refractivity contribution in [1.82, 2.24) is 19.6 Å². The van der Waals surface area contributed by atoms with Crippen LogP contribution >= 0.6 is 23.1 Å². The van der Waals surface area contributed by atoms with E-state index in [-0.39, 0.29) is 5.56 Å². The third-order valence-corrected chi connectivity index (χ3v) is 5.74. The van der Waals surface area contributed by atoms with Gasteiger partial charge in [-0.1, -0.05) is 42.1 Å². The summed E-state index contributed by atoms with van der Waals surface area (Å²) in [5.41, 5.74) is 1.47. The molecule has 0 amide bonds. The third kappa shape index (κ3) is 4.02. The van der Waals surface area contributed by atoms with E-state index in [4.69, 9.17) is 4.74 Å². The van der Waals surface area contributed by atoms with Crippen LogP contribution in [0, 0.1) is 0 Å². The number of nitrogens with zero attached hydrogens (tertiary/aromatic N) is 3. The highest BCUT2D eigenvalue weighted by Gasteiger charge is 2.12. The van der Waals surface area contributed by atoms with Gasteiger partial charge in [-0.2, -0.15) is 0 Å². The van der Waals surface area contributed by atoms with E-state index in [0.29, 0.717) is 29.0 Å². The number of hydrogen-bond acceptors (Lipinski definition) is 6. The topological polar surface area (TPSA) is 72.3 Å². The van der Waals surface area contributed by atoms with Crippen LogP contribution in [0.1, 0.15) is 5.56 Å². The van der Waals surface area contributed by atoms with Gasteiger partial charge < -0.3 is 4.74 Å². The lowest BCUT2D eigenvalue weighted by molar-refractivity contribution is 0.340. The minimum Gasteiger partial charge on any atom is -0.492 e. The van der Waals surface area contributed by atoms with Gasteiger partial charge in [0.2, 0.25) is 0 Å². The van der Waals surface area contributed by atoms with Gasteiger partial charge in [0.25, 0.3) is 5.56 Å². The summed E-state index contributed by atoms with van der Waals surface area (Å²) < 4.78 is 7.56. The van der Waals surface area contributed by atoms with Crippen molar-refractivity contribution in [2.24, 2.45) is 0 Å². The number of allylic oxidation sites excluding steroid dienone is 1. The zero-order valence-electron chi connectivity index (χ0n) is 15.0. The Morgan fingerprint density at radius 3 is 2.96 bits per heavy atom. The fourth-order valence-corrected chi connectivity index (χ4v) is 4.18. The van der Waals surface area contributed by atoms with Crippen LogP contribution < -0.4 is 10.3 Å². The molecule has 1 aromatic carbocycles. The number of hydrogen-bond donors (Lipinski definition) is 1. The maximum absolute atomic E-state index is 11.8. The average Bonchev–Trinajstić information content (AvgIpc) is 3.35. The number of aromatic nitrogens is 4. The minimum atomic E-state index is -0.200. The Morgan fingerprint density at radius 1 is 1.25 bits per heavy atom. The molecule has 3 heterocycles. The number of H-pyrrole nitrogens is 1. The highest BCUT2D eigenvalue weighted by molar-refractivity contribution is 7.99. The smallest absolute Gasteiger partial charge is 0.266 e. The van der Waals surface area contributed by atoms with Crippen molar-refractivity contribution in [3.05, 3.63) is 76.4 Å². The molecule has 0 aliphatic rings. The summed E-state index contributed by atoms with van der Waals surface area (Å²) in [6.07, 6.45) is 2.63. The number of nitrogens with one attached hydrogen (secondary N) is 1. The van der Waals surface area contributed by atoms with Gasteiger partial charge >= 0.3 is 0 Å². The third-order valence-electron chi connectivity index (χ3n) is 3.98. The lowest BCUT2D eigenvalue weighted by Gasteiger charge is -2.10. The maximum atomic E-state index is 11.8. The van der Waals surface area contributed by atoms with E-state index in [0.717, 1.165) is 22.6 Å². The number of fused-ring (bicyclic) bond motifs is 1. The lowest BCUT2D eigenvalue weighted by atomic mass is 10.1. The number of thioether (sulfide) groups is 1. The normalized spacial score (nSPS) is 11.0. The molecule has 3 aromatic heterocycles. The Hall–Kier alpha value is -2.84. The molecule has 0 saturated carbocycles. The summed E-state index contributed by atoms with van der Waals surface area (Å²) in [6.45, 7) is 4.31. The van der Waals surface area contributed by atoms with Gasteiger partial charge in [-0.25, -0.2) is 14.5 Å². The van der Waals surface area contributed by atoms with Gasteiger partial charge in [0.15, 0.2) is 16.6 Å². The SMILES string of the molecule is C=CCc1ccccc1OCCSc1nc(-c2cccs2)nc2cc(=O)[nH]n12. The van der Waals surface area contributed by atoms with Gasteiger partial charge in [0, 0.05) is 11.8 Å². The molecule has 8 heteroatoms. The predicted molar refractivity (Wildman–Crippen MR) is 113 cm³/mol. The minimum absolute atomic E-state index is 0.200. The summed E-state index contributed by atoms with van der Waals surface area (Å²) in [4.78, 5) is 21.9. The van der Waals surface area contributed by atoms with E-state index in [1.165, 1.54) is 17.8 Å². The first-order valence-corrected chi connectivity index (χ1v) is 10.6. The molecule has 0 bridgehead atoms. The molecule has 1 N–H and O–H groups in total. The van der Waals surface area contributed by atoms with Gasteiger partial charge in [0.1, 0.15) is 5.75 Å². The van der Waals surface area contributed by atoms with Gasteiger partial charge in [0.05, 0.1) is 11.5 Å². The Kier molecular flexibility index (Phi) is 5.59. The van der Waals surface area contributed by atoms with Crippen molar-refractivity contribution in [3.63, 3.8) is 0 Å². The van der Waals surface area contributed by atoms with Crippen LogP contribution in [0.4, 0.5) is 0 Å². The van der Waals surface area contributed by atoms with Crippen molar-refractivity contribution >= 4 is 28.7 Å². The number of thiophene rings is 1. The van der Waals surface area contributed by atoms with Gasteiger partial charge in [-0.15, -0.1) is 17.9 Å². The van der Waals surface area contributed by atoms with Crippen molar-refractivity contribution in [3.8, 4) is 16.5 Å². The molecule has 28 heavy (non-hydrogen) atoms. The number of ether oxygens (including phenoxy) is 1. The van der Waals surface area contributed by atoms with E-state index in [1.807, 2.05) is 47.9 Å². The summed E-state index contributed by atoms with van der Waals surface area (Å²) in [7, 11) is 0. The molecule has 4 rings (SSSR count). The molecule has 0 aliphatic carbocycles. The van der Waals surface area contributed by atoms with E-state index >= 15 is 0 Å². The quantitative estimate of drug-likeness (QED) is 0.270. The first-order valence-electron chi connectivity index (χ1n) is 8.72. The van der Waals surface area contributed by atoms with Crippen molar-refractivity contribution in [2.45, 2.75) is 11.6 Å². The lowest BCUT2D eigenvalue weighted by Crippen LogP contribution is -2.07. The molecule has 6 nitrogen and oxygen atoms in total. The van der Waals surface area contributed by atoms with E-state index < -0.39 is 0 Å². The number of rotatable bonds is 8. The molecular formula is C20H18N4O2S2. The van der Waals surface area contributed by atoms with Crippen molar-refractivity contribution in [1.29, 1.82) is 0 Å². The Labute approximate surface area is 169 Å². The fraction of sp³-hybridized carbons (Fsp3) is 0.150. The molecule has 0 saturated heterocycles. The second kappa shape index (κ2) is 8.45. The summed E-state index contributed by atoms with van der Waals surface area (Å²) >= 11 is 3.08. The van der Waals surface area contributed by atoms with Crippen molar-refractivity contribution in [2.75, 3.05) is 12.4 Å². The molecule has 0 radical (unpaired) electrons. The number of benzene rings is 1. The highest BCUT2D eigenvalue weighted by Crippen LogP contribution is 2.25. The zero-order valence-corrected chi connectivity index (χ0v) is 16.6. The molecule has 0 aliphatic heterocycles. The van der Waals surface area contributed by atoms with Gasteiger partial charge in [-0.05, 0) is 29.5 Å². The summed E-state index contributed by atoms with van der Waals surface area (Å²) in [6, 6.07) is 13.4. The monoisotopic (exact) mass is 410 g/mol. The second-order valence-corrected chi connectivity index (χ2v) is 7.93. The van der Waals surface area contributed by atoms with E-state index in [2.05, 4.69) is 21.6 Å². The first-order chi connectivity index (χ1) is 13.7.